The van der Waals surface area contributed by atoms with Crippen molar-refractivity contribution < 1.29 is 0 Å². The van der Waals surface area contributed by atoms with Crippen molar-refractivity contribution in [3.05, 3.63) is 45.4 Å². The average molecular weight is 260 g/mol. The van der Waals surface area contributed by atoms with Gasteiger partial charge in [-0.15, -0.1) is 11.3 Å². The van der Waals surface area contributed by atoms with Crippen molar-refractivity contribution in [3.63, 3.8) is 0 Å². The van der Waals surface area contributed by atoms with E-state index < -0.39 is 0 Å². The van der Waals surface area contributed by atoms with E-state index in [0.29, 0.717) is 0 Å². The molecular weight excluding hydrogens is 240 g/mol. The molecular formula is C15H20N2S. The lowest BCUT2D eigenvalue weighted by Gasteiger charge is -2.03. The third-order valence-electron chi connectivity index (χ3n) is 3.00. The molecule has 0 atom stereocenters. The highest BCUT2D eigenvalue weighted by molar-refractivity contribution is 7.11. The average Bonchev–Trinajstić information content (AvgIpc) is 2.70. The number of hydrogen-bond donors (Lipinski definition) is 1. The Labute approximate surface area is 113 Å². The van der Waals surface area contributed by atoms with Gasteiger partial charge in [-0.05, 0) is 37.5 Å². The van der Waals surface area contributed by atoms with Gasteiger partial charge in [-0.3, -0.25) is 0 Å². The zero-order valence-electron chi connectivity index (χ0n) is 11.1. The standard InChI is InChI=1S/C15H20N2S/c1-3-4-5-14-15(18-11(2)17-14)10-12-6-8-13(16)9-7-12/h6-9H,3-5,10,16H2,1-2H3. The molecule has 0 spiro atoms. The molecule has 0 fully saturated rings. The number of aromatic nitrogens is 1. The number of hydrogen-bond acceptors (Lipinski definition) is 3. The van der Waals surface area contributed by atoms with E-state index in [1.54, 1.807) is 0 Å². The number of nitrogens with zero attached hydrogens (tertiary/aromatic N) is 1. The van der Waals surface area contributed by atoms with Gasteiger partial charge >= 0.3 is 0 Å². The molecule has 0 aliphatic carbocycles. The number of thiazole rings is 1. The van der Waals surface area contributed by atoms with Gasteiger partial charge in [0.2, 0.25) is 0 Å². The molecule has 0 amide bonds. The minimum absolute atomic E-state index is 0.824. The van der Waals surface area contributed by atoms with Gasteiger partial charge in [-0.25, -0.2) is 4.98 Å². The lowest BCUT2D eigenvalue weighted by Crippen LogP contribution is -1.94. The third-order valence-corrected chi connectivity index (χ3v) is 4.01. The molecule has 2 aromatic rings. The summed E-state index contributed by atoms with van der Waals surface area (Å²) < 4.78 is 0. The summed E-state index contributed by atoms with van der Waals surface area (Å²) in [4.78, 5) is 6.06. The van der Waals surface area contributed by atoms with Crippen molar-refractivity contribution in [3.8, 4) is 0 Å². The van der Waals surface area contributed by atoms with E-state index in [0.717, 1.165) is 18.5 Å². The van der Waals surface area contributed by atoms with Gasteiger partial charge in [-0.1, -0.05) is 25.5 Å². The van der Waals surface area contributed by atoms with E-state index in [1.807, 2.05) is 23.5 Å². The predicted octanol–water partition coefficient (Wildman–Crippen LogP) is 3.97. The van der Waals surface area contributed by atoms with Crippen molar-refractivity contribution in [1.29, 1.82) is 0 Å². The Morgan fingerprint density at radius 1 is 1.22 bits per heavy atom. The van der Waals surface area contributed by atoms with Crippen LogP contribution in [-0.2, 0) is 12.8 Å². The van der Waals surface area contributed by atoms with Crippen LogP contribution in [0.5, 0.6) is 0 Å². The van der Waals surface area contributed by atoms with Gasteiger partial charge in [0, 0.05) is 17.0 Å². The molecule has 0 aliphatic heterocycles. The number of nitrogens with two attached hydrogens (primary N) is 1. The molecule has 2 nitrogen and oxygen atoms in total. The fraction of sp³-hybridized carbons (Fsp3) is 0.400. The lowest BCUT2D eigenvalue weighted by molar-refractivity contribution is 0.773. The molecule has 18 heavy (non-hydrogen) atoms. The Morgan fingerprint density at radius 2 is 1.94 bits per heavy atom. The maximum absolute atomic E-state index is 5.71. The van der Waals surface area contributed by atoms with Crippen molar-refractivity contribution in [2.75, 3.05) is 5.73 Å². The lowest BCUT2D eigenvalue weighted by atomic mass is 10.1. The predicted molar refractivity (Wildman–Crippen MR) is 79.1 cm³/mol. The van der Waals surface area contributed by atoms with Crippen LogP contribution in [0.1, 0.15) is 40.9 Å². The number of aryl methyl sites for hydroxylation is 2. The third kappa shape index (κ3) is 3.33. The molecule has 0 aliphatic rings. The van der Waals surface area contributed by atoms with Gasteiger partial charge in [0.05, 0.1) is 10.7 Å². The van der Waals surface area contributed by atoms with Gasteiger partial charge in [0.25, 0.3) is 0 Å². The van der Waals surface area contributed by atoms with E-state index in [2.05, 4.69) is 31.0 Å². The van der Waals surface area contributed by atoms with Crippen LogP contribution >= 0.6 is 11.3 Å². The largest absolute Gasteiger partial charge is 0.399 e. The highest BCUT2D eigenvalue weighted by atomic mass is 32.1. The van der Waals surface area contributed by atoms with Crippen LogP contribution in [0.25, 0.3) is 0 Å². The molecule has 0 saturated carbocycles. The summed E-state index contributed by atoms with van der Waals surface area (Å²) in [6.07, 6.45) is 4.52. The van der Waals surface area contributed by atoms with Crippen molar-refractivity contribution >= 4 is 17.0 Å². The number of rotatable bonds is 5. The molecule has 3 heteroatoms. The van der Waals surface area contributed by atoms with Crippen LogP contribution in [0.2, 0.25) is 0 Å². The summed E-state index contributed by atoms with van der Waals surface area (Å²) in [6, 6.07) is 8.14. The van der Waals surface area contributed by atoms with Crippen LogP contribution < -0.4 is 5.73 Å². The zero-order chi connectivity index (χ0) is 13.0. The summed E-state index contributed by atoms with van der Waals surface area (Å²) in [5, 5.41) is 1.17. The van der Waals surface area contributed by atoms with Gasteiger partial charge in [0.15, 0.2) is 0 Å². The molecule has 1 aromatic carbocycles. The number of nitrogen functional groups attached to an aromatic ring is 1. The van der Waals surface area contributed by atoms with Crippen LogP contribution in [0.15, 0.2) is 24.3 Å². The van der Waals surface area contributed by atoms with Gasteiger partial charge < -0.3 is 5.73 Å². The quantitative estimate of drug-likeness (QED) is 0.826. The highest BCUT2D eigenvalue weighted by Gasteiger charge is 2.09. The first-order valence-corrected chi connectivity index (χ1v) is 7.30. The number of benzene rings is 1. The van der Waals surface area contributed by atoms with E-state index in [9.17, 15) is 0 Å². The van der Waals surface area contributed by atoms with E-state index >= 15 is 0 Å². The second kappa shape index (κ2) is 6.01. The van der Waals surface area contributed by atoms with Crippen molar-refractivity contribution in [2.24, 2.45) is 0 Å². The maximum atomic E-state index is 5.71. The first kappa shape index (κ1) is 13.1. The van der Waals surface area contributed by atoms with Crippen molar-refractivity contribution in [2.45, 2.75) is 39.5 Å². The van der Waals surface area contributed by atoms with Crippen LogP contribution in [0, 0.1) is 6.92 Å². The Kier molecular flexibility index (Phi) is 4.37. The highest BCUT2D eigenvalue weighted by Crippen LogP contribution is 2.23. The normalized spacial score (nSPS) is 10.8. The molecule has 0 bridgehead atoms. The molecule has 96 valence electrons. The van der Waals surface area contributed by atoms with Crippen LogP contribution in [-0.4, -0.2) is 4.98 Å². The summed E-state index contributed by atoms with van der Waals surface area (Å²) >= 11 is 1.82. The smallest absolute Gasteiger partial charge is 0.0900 e. The molecule has 0 saturated heterocycles. The second-order valence-electron chi connectivity index (χ2n) is 4.62. The maximum Gasteiger partial charge on any atom is 0.0900 e. The Bertz CT molecular complexity index is 500. The molecule has 1 aromatic heterocycles. The summed E-state index contributed by atoms with van der Waals surface area (Å²) in [7, 11) is 0. The number of unbranched alkanes of at least 4 members (excludes halogenated alkanes) is 1. The van der Waals surface area contributed by atoms with Crippen molar-refractivity contribution in [1.82, 2.24) is 4.98 Å². The topological polar surface area (TPSA) is 38.9 Å². The fourth-order valence-corrected chi connectivity index (χ4v) is 3.03. The molecule has 0 radical (unpaired) electrons. The summed E-state index contributed by atoms with van der Waals surface area (Å²) in [6.45, 7) is 4.31. The van der Waals surface area contributed by atoms with Crippen LogP contribution in [0.3, 0.4) is 0 Å². The van der Waals surface area contributed by atoms with E-state index in [-0.39, 0.29) is 0 Å². The first-order chi connectivity index (χ1) is 8.69. The Hall–Kier alpha value is -1.35. The molecule has 2 rings (SSSR count). The van der Waals surface area contributed by atoms with Gasteiger partial charge in [-0.2, -0.15) is 0 Å². The van der Waals surface area contributed by atoms with E-state index in [1.165, 1.54) is 34.0 Å². The monoisotopic (exact) mass is 260 g/mol. The second-order valence-corrected chi connectivity index (χ2v) is 5.91. The summed E-state index contributed by atoms with van der Waals surface area (Å²) in [5.41, 5.74) is 9.13. The fourth-order valence-electron chi connectivity index (χ4n) is 2.01. The SMILES string of the molecule is CCCCc1nc(C)sc1Cc1ccc(N)cc1. The molecule has 2 N–H and O–H groups in total. The van der Waals surface area contributed by atoms with Crippen LogP contribution in [0.4, 0.5) is 5.69 Å². The van der Waals surface area contributed by atoms with E-state index in [4.69, 9.17) is 5.73 Å². The Morgan fingerprint density at radius 3 is 2.61 bits per heavy atom. The van der Waals surface area contributed by atoms with Gasteiger partial charge in [0.1, 0.15) is 0 Å². The first-order valence-electron chi connectivity index (χ1n) is 6.48. The summed E-state index contributed by atoms with van der Waals surface area (Å²) in [5.74, 6) is 0. The molecule has 0 unspecified atom stereocenters. The zero-order valence-corrected chi connectivity index (χ0v) is 11.9. The number of anilines is 1. The minimum Gasteiger partial charge on any atom is -0.399 e. The minimum atomic E-state index is 0.824. The molecule has 1 heterocycles. The Balaban J connectivity index is 2.14.